The summed E-state index contributed by atoms with van der Waals surface area (Å²) in [6.07, 6.45) is 1.82. The first-order valence-corrected chi connectivity index (χ1v) is 7.53. The van der Waals surface area contributed by atoms with E-state index in [1.807, 2.05) is 18.3 Å². The molecule has 7 heteroatoms. The Morgan fingerprint density at radius 2 is 2.10 bits per heavy atom. The molecule has 1 aromatic rings. The van der Waals surface area contributed by atoms with Crippen molar-refractivity contribution in [3.05, 3.63) is 18.3 Å². The van der Waals surface area contributed by atoms with E-state index in [0.717, 1.165) is 37.7 Å². The van der Waals surface area contributed by atoms with E-state index in [2.05, 4.69) is 32.5 Å². The van der Waals surface area contributed by atoms with E-state index in [9.17, 15) is 0 Å². The van der Waals surface area contributed by atoms with Gasteiger partial charge in [-0.25, -0.2) is 4.98 Å². The van der Waals surface area contributed by atoms with Crippen molar-refractivity contribution in [3.8, 4) is 0 Å². The fraction of sp³-hybridized carbons (Fsp3) is 0.571. The number of anilines is 2. The van der Waals surface area contributed by atoms with Gasteiger partial charge in [0.15, 0.2) is 5.11 Å². The smallest absolute Gasteiger partial charge is 0.170 e. The highest BCUT2D eigenvalue weighted by Gasteiger charge is 2.14. The molecule has 1 aliphatic rings. The van der Waals surface area contributed by atoms with Crippen LogP contribution in [0.1, 0.15) is 0 Å². The van der Waals surface area contributed by atoms with Gasteiger partial charge in [0.25, 0.3) is 0 Å². The van der Waals surface area contributed by atoms with Crippen LogP contribution in [0.4, 0.5) is 11.5 Å². The lowest BCUT2D eigenvalue weighted by Gasteiger charge is -2.33. The molecule has 0 aliphatic carbocycles. The van der Waals surface area contributed by atoms with Gasteiger partial charge in [-0.05, 0) is 31.4 Å². The van der Waals surface area contributed by atoms with E-state index in [-0.39, 0.29) is 0 Å². The molecule has 0 amide bonds. The van der Waals surface area contributed by atoms with Crippen LogP contribution in [-0.2, 0) is 4.74 Å². The zero-order valence-corrected chi connectivity index (χ0v) is 13.4. The number of ether oxygens (including phenoxy) is 1. The minimum Gasteiger partial charge on any atom is -0.383 e. The molecule has 0 spiro atoms. The summed E-state index contributed by atoms with van der Waals surface area (Å²) >= 11 is 5.20. The van der Waals surface area contributed by atoms with E-state index in [4.69, 9.17) is 17.0 Å². The number of likely N-dealkylation sites (N-methyl/N-ethyl adjacent to an activating group) is 1. The quantitative estimate of drug-likeness (QED) is 0.615. The van der Waals surface area contributed by atoms with Crippen molar-refractivity contribution in [1.82, 2.24) is 15.2 Å². The molecule has 0 radical (unpaired) electrons. The summed E-state index contributed by atoms with van der Waals surface area (Å²) in [4.78, 5) is 9.14. The molecule has 0 unspecified atom stereocenters. The van der Waals surface area contributed by atoms with Crippen LogP contribution >= 0.6 is 12.2 Å². The van der Waals surface area contributed by atoms with E-state index in [1.165, 1.54) is 0 Å². The Hall–Kier alpha value is -1.44. The number of piperazine rings is 1. The number of rotatable bonds is 5. The zero-order valence-electron chi connectivity index (χ0n) is 12.6. The predicted octanol–water partition coefficient (Wildman–Crippen LogP) is 0.766. The number of thiocarbonyl (C=S) groups is 1. The topological polar surface area (TPSA) is 52.7 Å². The number of hydrogen-bond donors (Lipinski definition) is 2. The van der Waals surface area contributed by atoms with Crippen LogP contribution in [0.3, 0.4) is 0 Å². The Morgan fingerprint density at radius 1 is 1.33 bits per heavy atom. The van der Waals surface area contributed by atoms with E-state index >= 15 is 0 Å². The molecular weight excluding hydrogens is 286 g/mol. The first-order valence-electron chi connectivity index (χ1n) is 7.12. The molecule has 21 heavy (non-hydrogen) atoms. The van der Waals surface area contributed by atoms with Crippen molar-refractivity contribution in [2.75, 3.05) is 63.7 Å². The van der Waals surface area contributed by atoms with Gasteiger partial charge in [-0.15, -0.1) is 0 Å². The molecule has 1 fully saturated rings. The number of hydrogen-bond acceptors (Lipinski definition) is 5. The molecule has 1 aromatic heterocycles. The second-order valence-corrected chi connectivity index (χ2v) is 5.48. The third kappa shape index (κ3) is 5.11. The molecule has 6 nitrogen and oxygen atoms in total. The minimum absolute atomic E-state index is 0.584. The Bertz CT molecular complexity index is 445. The maximum absolute atomic E-state index is 5.20. The van der Waals surface area contributed by atoms with Crippen molar-refractivity contribution >= 4 is 28.8 Å². The molecule has 2 rings (SSSR count). The number of nitrogens with one attached hydrogen (secondary N) is 2. The van der Waals surface area contributed by atoms with Gasteiger partial charge < -0.3 is 25.2 Å². The lowest BCUT2D eigenvalue weighted by molar-refractivity contribution is 0.204. The van der Waals surface area contributed by atoms with Crippen molar-refractivity contribution in [1.29, 1.82) is 0 Å². The van der Waals surface area contributed by atoms with Gasteiger partial charge in [-0.2, -0.15) is 0 Å². The summed E-state index contributed by atoms with van der Waals surface area (Å²) in [5, 5.41) is 6.76. The van der Waals surface area contributed by atoms with Crippen LogP contribution in [-0.4, -0.2) is 68.5 Å². The molecule has 0 bridgehead atoms. The number of methoxy groups -OCH3 is 1. The van der Waals surface area contributed by atoms with E-state index in [1.54, 1.807) is 7.11 Å². The standard InChI is InChI=1S/C14H23N5OS/c1-18-6-8-19(9-7-18)13-4-3-12(11-16-13)17-14(21)15-5-10-20-2/h3-4,11H,5-10H2,1-2H3,(H2,15,17,21). The highest BCUT2D eigenvalue weighted by atomic mass is 32.1. The van der Waals surface area contributed by atoms with Gasteiger partial charge in [0, 0.05) is 39.8 Å². The largest absolute Gasteiger partial charge is 0.383 e. The minimum atomic E-state index is 0.584. The molecule has 1 saturated heterocycles. The summed E-state index contributed by atoms with van der Waals surface area (Å²) in [6, 6.07) is 4.04. The molecule has 1 aliphatic heterocycles. The van der Waals surface area contributed by atoms with Crippen molar-refractivity contribution in [3.63, 3.8) is 0 Å². The Morgan fingerprint density at radius 3 is 2.71 bits per heavy atom. The van der Waals surface area contributed by atoms with Gasteiger partial charge >= 0.3 is 0 Å². The Balaban J connectivity index is 1.83. The SMILES string of the molecule is COCCNC(=S)Nc1ccc(N2CCN(C)CC2)nc1. The summed E-state index contributed by atoms with van der Waals surface area (Å²) in [7, 11) is 3.81. The molecule has 0 aromatic carbocycles. The van der Waals surface area contributed by atoms with Gasteiger partial charge in [0.2, 0.25) is 0 Å². The third-order valence-corrected chi connectivity index (χ3v) is 3.67. The summed E-state index contributed by atoms with van der Waals surface area (Å²) in [6.45, 7) is 5.52. The van der Waals surface area contributed by atoms with E-state index < -0.39 is 0 Å². The maximum Gasteiger partial charge on any atom is 0.170 e. The third-order valence-electron chi connectivity index (χ3n) is 3.42. The van der Waals surface area contributed by atoms with Gasteiger partial charge in [0.1, 0.15) is 5.82 Å². The van der Waals surface area contributed by atoms with Crippen LogP contribution in [0.2, 0.25) is 0 Å². The van der Waals surface area contributed by atoms with Crippen LogP contribution in [0.25, 0.3) is 0 Å². The van der Waals surface area contributed by atoms with Crippen LogP contribution in [0, 0.1) is 0 Å². The van der Waals surface area contributed by atoms with Gasteiger partial charge in [0.05, 0.1) is 18.5 Å². The normalized spacial score (nSPS) is 15.8. The number of aromatic nitrogens is 1. The molecule has 116 valence electrons. The molecule has 0 atom stereocenters. The monoisotopic (exact) mass is 309 g/mol. The average molecular weight is 309 g/mol. The lowest BCUT2D eigenvalue weighted by Crippen LogP contribution is -2.44. The van der Waals surface area contributed by atoms with Gasteiger partial charge in [-0.3, -0.25) is 0 Å². The van der Waals surface area contributed by atoms with Crippen molar-refractivity contribution in [2.45, 2.75) is 0 Å². The highest BCUT2D eigenvalue weighted by Crippen LogP contribution is 2.15. The second-order valence-electron chi connectivity index (χ2n) is 5.07. The van der Waals surface area contributed by atoms with Crippen LogP contribution in [0.15, 0.2) is 18.3 Å². The first kappa shape index (κ1) is 15.9. The number of pyridine rings is 1. The highest BCUT2D eigenvalue weighted by molar-refractivity contribution is 7.80. The zero-order chi connectivity index (χ0) is 15.1. The fourth-order valence-corrected chi connectivity index (χ4v) is 2.34. The van der Waals surface area contributed by atoms with Crippen LogP contribution in [0.5, 0.6) is 0 Å². The van der Waals surface area contributed by atoms with Crippen molar-refractivity contribution < 1.29 is 4.74 Å². The van der Waals surface area contributed by atoms with Crippen LogP contribution < -0.4 is 15.5 Å². The molecule has 2 N–H and O–H groups in total. The molecule has 0 saturated carbocycles. The summed E-state index contributed by atoms with van der Waals surface area (Å²) in [5.74, 6) is 1.02. The number of nitrogens with zero attached hydrogens (tertiary/aromatic N) is 3. The Labute approximate surface area is 131 Å². The average Bonchev–Trinajstić information content (AvgIpc) is 2.49. The summed E-state index contributed by atoms with van der Waals surface area (Å²) < 4.78 is 4.96. The second kappa shape index (κ2) is 8.11. The van der Waals surface area contributed by atoms with Gasteiger partial charge in [-0.1, -0.05) is 0 Å². The fourth-order valence-electron chi connectivity index (χ4n) is 2.12. The maximum atomic E-state index is 5.20. The Kier molecular flexibility index (Phi) is 6.16. The molecule has 2 heterocycles. The summed E-state index contributed by atoms with van der Waals surface area (Å²) in [5.41, 5.74) is 0.891. The lowest BCUT2D eigenvalue weighted by atomic mass is 10.3. The first-order chi connectivity index (χ1) is 10.2. The van der Waals surface area contributed by atoms with E-state index in [0.29, 0.717) is 18.3 Å². The molecular formula is C14H23N5OS. The predicted molar refractivity (Wildman–Crippen MR) is 90.0 cm³/mol. The van der Waals surface area contributed by atoms with Crippen molar-refractivity contribution in [2.24, 2.45) is 0 Å².